The van der Waals surface area contributed by atoms with E-state index in [1.807, 2.05) is 18.2 Å². The van der Waals surface area contributed by atoms with Crippen molar-refractivity contribution >= 4 is 22.6 Å². The first-order valence-electron chi connectivity index (χ1n) is 4.31. The average Bonchev–Trinajstić information content (AvgIpc) is 2.17. The maximum absolute atomic E-state index is 10.8. The van der Waals surface area contributed by atoms with E-state index in [0.29, 0.717) is 5.82 Å². The van der Waals surface area contributed by atoms with Gasteiger partial charge in [0.2, 0.25) is 5.91 Å². The van der Waals surface area contributed by atoms with Gasteiger partial charge in [0.15, 0.2) is 0 Å². The van der Waals surface area contributed by atoms with E-state index in [0.717, 1.165) is 10.9 Å². The molecule has 0 bridgehead atoms. The van der Waals surface area contributed by atoms with Crippen molar-refractivity contribution in [1.82, 2.24) is 4.98 Å². The number of para-hydroxylation sites is 1. The fraction of sp³-hybridized carbons (Fsp3) is 0.0909. The molecule has 2 rings (SSSR count). The van der Waals surface area contributed by atoms with Crippen LogP contribution in [0.15, 0.2) is 30.3 Å². The van der Waals surface area contributed by atoms with Gasteiger partial charge in [0.05, 0.1) is 5.52 Å². The third-order valence-corrected chi connectivity index (χ3v) is 1.82. The van der Waals surface area contributed by atoms with Gasteiger partial charge in [-0.15, -0.1) is 0 Å². The predicted molar refractivity (Wildman–Crippen MR) is 54.9 cm³/mol. The SMILES string of the molecule is CC(=O)Nc1ccc2ccc[c]c2n1. The minimum absolute atomic E-state index is 0.118. The first kappa shape index (κ1) is 8.69. The summed E-state index contributed by atoms with van der Waals surface area (Å²) in [5, 5.41) is 3.64. The molecule has 0 aliphatic carbocycles. The number of hydrogen-bond acceptors (Lipinski definition) is 2. The van der Waals surface area contributed by atoms with E-state index < -0.39 is 0 Å². The standard InChI is InChI=1S/C11H9N2O/c1-8(14)12-11-7-6-9-4-2-3-5-10(9)13-11/h2-4,6-7H,1H3,(H,12,13,14). The zero-order valence-corrected chi connectivity index (χ0v) is 7.74. The van der Waals surface area contributed by atoms with Gasteiger partial charge >= 0.3 is 0 Å². The fourth-order valence-corrected chi connectivity index (χ4v) is 1.25. The van der Waals surface area contributed by atoms with Crippen LogP contribution in [0.2, 0.25) is 0 Å². The van der Waals surface area contributed by atoms with E-state index >= 15 is 0 Å². The Balaban J connectivity index is 2.46. The highest BCUT2D eigenvalue weighted by atomic mass is 16.1. The number of nitrogens with one attached hydrogen (secondary N) is 1. The van der Waals surface area contributed by atoms with E-state index in [9.17, 15) is 4.79 Å². The molecule has 0 aliphatic rings. The second-order valence-electron chi connectivity index (χ2n) is 2.99. The predicted octanol–water partition coefficient (Wildman–Crippen LogP) is 1.99. The van der Waals surface area contributed by atoms with Gasteiger partial charge < -0.3 is 5.32 Å². The number of nitrogens with zero attached hydrogens (tertiary/aromatic N) is 1. The Bertz CT molecular complexity index is 479. The molecule has 3 nitrogen and oxygen atoms in total. The van der Waals surface area contributed by atoms with Crippen LogP contribution in [0.25, 0.3) is 10.9 Å². The number of anilines is 1. The van der Waals surface area contributed by atoms with Crippen molar-refractivity contribution in [3.63, 3.8) is 0 Å². The largest absolute Gasteiger partial charge is 0.311 e. The Morgan fingerprint density at radius 1 is 1.43 bits per heavy atom. The number of carbonyl (C=O) groups excluding carboxylic acids is 1. The molecule has 0 fully saturated rings. The number of pyridine rings is 1. The molecule has 1 N–H and O–H groups in total. The second-order valence-corrected chi connectivity index (χ2v) is 2.99. The molecule has 1 aromatic carbocycles. The molecule has 0 atom stereocenters. The summed E-state index contributed by atoms with van der Waals surface area (Å²) in [5.74, 6) is 0.445. The molecule has 69 valence electrons. The van der Waals surface area contributed by atoms with Crippen LogP contribution < -0.4 is 5.32 Å². The number of hydrogen-bond donors (Lipinski definition) is 1. The summed E-state index contributed by atoms with van der Waals surface area (Å²) in [6.45, 7) is 1.46. The lowest BCUT2D eigenvalue weighted by Crippen LogP contribution is -2.07. The van der Waals surface area contributed by atoms with Crippen LogP contribution in [-0.4, -0.2) is 10.9 Å². The Labute approximate surface area is 81.8 Å². The summed E-state index contributed by atoms with van der Waals surface area (Å²) in [5.41, 5.74) is 0.763. The van der Waals surface area contributed by atoms with Crippen LogP contribution in [0.5, 0.6) is 0 Å². The van der Waals surface area contributed by atoms with Crippen molar-refractivity contribution in [2.45, 2.75) is 6.92 Å². The second kappa shape index (κ2) is 3.46. The fourth-order valence-electron chi connectivity index (χ4n) is 1.25. The van der Waals surface area contributed by atoms with Crippen LogP contribution in [0.4, 0.5) is 5.82 Å². The Kier molecular flexibility index (Phi) is 2.14. The molecule has 1 aromatic heterocycles. The molecule has 0 spiro atoms. The number of fused-ring (bicyclic) bond motifs is 1. The van der Waals surface area contributed by atoms with Crippen molar-refractivity contribution in [2.24, 2.45) is 0 Å². The smallest absolute Gasteiger partial charge is 0.222 e. The number of aromatic nitrogens is 1. The summed E-state index contributed by atoms with van der Waals surface area (Å²) in [4.78, 5) is 15.0. The number of rotatable bonds is 1. The maximum Gasteiger partial charge on any atom is 0.222 e. The van der Waals surface area contributed by atoms with Gasteiger partial charge in [0.25, 0.3) is 0 Å². The van der Waals surface area contributed by atoms with Crippen LogP contribution in [0.1, 0.15) is 6.92 Å². The lowest BCUT2D eigenvalue weighted by atomic mass is 10.2. The molecule has 0 unspecified atom stereocenters. The lowest BCUT2D eigenvalue weighted by molar-refractivity contribution is -0.114. The van der Waals surface area contributed by atoms with Gasteiger partial charge in [-0.05, 0) is 12.1 Å². The first-order chi connectivity index (χ1) is 6.75. The zero-order chi connectivity index (χ0) is 9.97. The van der Waals surface area contributed by atoms with Crippen molar-refractivity contribution in [1.29, 1.82) is 0 Å². The first-order valence-corrected chi connectivity index (χ1v) is 4.31. The van der Waals surface area contributed by atoms with Crippen molar-refractivity contribution in [3.8, 4) is 0 Å². The van der Waals surface area contributed by atoms with Gasteiger partial charge in [0, 0.05) is 18.4 Å². The number of amides is 1. The molecular weight excluding hydrogens is 176 g/mol. The number of carbonyl (C=O) groups is 1. The van der Waals surface area contributed by atoms with E-state index in [4.69, 9.17) is 0 Å². The molecule has 1 heterocycles. The Morgan fingerprint density at radius 2 is 2.29 bits per heavy atom. The van der Waals surface area contributed by atoms with Gasteiger partial charge in [-0.2, -0.15) is 0 Å². The number of benzene rings is 1. The van der Waals surface area contributed by atoms with Crippen molar-refractivity contribution in [3.05, 3.63) is 36.4 Å². The molecule has 14 heavy (non-hydrogen) atoms. The average molecular weight is 185 g/mol. The van der Waals surface area contributed by atoms with E-state index in [-0.39, 0.29) is 5.91 Å². The maximum atomic E-state index is 10.8. The summed E-state index contributed by atoms with van der Waals surface area (Å²) in [7, 11) is 0. The quantitative estimate of drug-likeness (QED) is 0.738. The lowest BCUT2D eigenvalue weighted by Gasteiger charge is -2.01. The molecule has 0 saturated heterocycles. The van der Waals surface area contributed by atoms with Crippen molar-refractivity contribution in [2.75, 3.05) is 5.32 Å². The normalized spacial score (nSPS) is 10.1. The highest BCUT2D eigenvalue weighted by Crippen LogP contribution is 2.13. The van der Waals surface area contributed by atoms with E-state index in [1.165, 1.54) is 6.92 Å². The van der Waals surface area contributed by atoms with Crippen LogP contribution in [0, 0.1) is 6.07 Å². The summed E-state index contributed by atoms with van der Waals surface area (Å²) in [6, 6.07) is 12.3. The third-order valence-electron chi connectivity index (χ3n) is 1.82. The highest BCUT2D eigenvalue weighted by Gasteiger charge is 1.98. The van der Waals surface area contributed by atoms with E-state index in [2.05, 4.69) is 16.4 Å². The summed E-state index contributed by atoms with van der Waals surface area (Å²) in [6.07, 6.45) is 0. The molecular formula is C11H9N2O. The highest BCUT2D eigenvalue weighted by molar-refractivity contribution is 5.89. The zero-order valence-electron chi connectivity index (χ0n) is 7.74. The molecule has 0 aliphatic heterocycles. The molecule has 0 saturated carbocycles. The topological polar surface area (TPSA) is 42.0 Å². The van der Waals surface area contributed by atoms with Gasteiger partial charge in [-0.1, -0.05) is 18.2 Å². The summed E-state index contributed by atoms with van der Waals surface area (Å²) >= 11 is 0. The van der Waals surface area contributed by atoms with E-state index in [1.54, 1.807) is 12.1 Å². The minimum Gasteiger partial charge on any atom is -0.311 e. The molecule has 2 aromatic rings. The van der Waals surface area contributed by atoms with Crippen LogP contribution >= 0.6 is 0 Å². The third kappa shape index (κ3) is 1.71. The minimum atomic E-state index is -0.118. The van der Waals surface area contributed by atoms with Gasteiger partial charge in [-0.25, -0.2) is 4.98 Å². The van der Waals surface area contributed by atoms with Crippen LogP contribution in [-0.2, 0) is 4.79 Å². The van der Waals surface area contributed by atoms with Gasteiger partial charge in [0.1, 0.15) is 5.82 Å². The Hall–Kier alpha value is -1.90. The summed E-state index contributed by atoms with van der Waals surface area (Å²) < 4.78 is 0. The monoisotopic (exact) mass is 185 g/mol. The van der Waals surface area contributed by atoms with Crippen molar-refractivity contribution < 1.29 is 4.79 Å². The van der Waals surface area contributed by atoms with Crippen LogP contribution in [0.3, 0.4) is 0 Å². The molecule has 1 amide bonds. The molecule has 3 heteroatoms. The van der Waals surface area contributed by atoms with Gasteiger partial charge in [-0.3, -0.25) is 4.79 Å². The molecule has 1 radical (unpaired) electrons. The Morgan fingerprint density at radius 3 is 3.07 bits per heavy atom.